The molecule has 0 unspecified atom stereocenters. The summed E-state index contributed by atoms with van der Waals surface area (Å²) in [6, 6.07) is 30.7. The minimum Gasteiger partial charge on any atom is -0.508 e. The average Bonchev–Trinajstić information content (AvgIpc) is 3.22. The standard InChI is InChI=1S/C41H50N3O8P/c1-3-51-53(50,52-4-2)24-12-23-42-40(48)34-18-11-17-33(25-34)29-44-37(27-31-15-9-6-10-16-31)39(47)38(46)36(26-30-13-7-5-8-14-30)43(41(44)49)28-32-19-21-35(45)22-20-32/h5-11,13-22,25,36-39,45-47H,3-4,12,23-24,26-29H2,1-2H3,(H,42,48)/t36-,37-,38+,39+/m1/s1. The number of phenolic OH excluding ortho intramolecular Hbond substituents is 1. The summed E-state index contributed by atoms with van der Waals surface area (Å²) in [6.45, 7) is 4.47. The van der Waals surface area contributed by atoms with Crippen molar-refractivity contribution in [3.63, 3.8) is 0 Å². The smallest absolute Gasteiger partial charge is 0.330 e. The molecule has 12 heteroatoms. The lowest BCUT2D eigenvalue weighted by molar-refractivity contribution is -0.0408. The van der Waals surface area contributed by atoms with E-state index >= 15 is 0 Å². The second kappa shape index (κ2) is 19.0. The van der Waals surface area contributed by atoms with Crippen LogP contribution in [0.15, 0.2) is 109 Å². The number of urea groups is 1. The van der Waals surface area contributed by atoms with Crippen LogP contribution in [0.5, 0.6) is 5.75 Å². The predicted octanol–water partition coefficient (Wildman–Crippen LogP) is 6.16. The average molecular weight is 744 g/mol. The number of amides is 3. The fourth-order valence-electron chi connectivity index (χ4n) is 6.76. The summed E-state index contributed by atoms with van der Waals surface area (Å²) >= 11 is 0. The number of hydrogen-bond donors (Lipinski definition) is 4. The molecular weight excluding hydrogens is 693 g/mol. The Bertz CT molecular complexity index is 1800. The maximum absolute atomic E-state index is 14.9. The van der Waals surface area contributed by atoms with Gasteiger partial charge in [0, 0.05) is 25.2 Å². The van der Waals surface area contributed by atoms with Gasteiger partial charge in [0.05, 0.1) is 31.5 Å². The van der Waals surface area contributed by atoms with Crippen LogP contribution >= 0.6 is 7.60 Å². The van der Waals surface area contributed by atoms with E-state index in [1.807, 2.05) is 66.7 Å². The summed E-state index contributed by atoms with van der Waals surface area (Å²) < 4.78 is 23.5. The van der Waals surface area contributed by atoms with E-state index in [9.17, 15) is 29.5 Å². The molecule has 4 atom stereocenters. The number of benzene rings is 4. The number of nitrogens with one attached hydrogen (secondary N) is 1. The summed E-state index contributed by atoms with van der Waals surface area (Å²) in [5, 5.41) is 36.8. The number of aliphatic hydroxyl groups excluding tert-OH is 2. The van der Waals surface area contributed by atoms with Crippen LogP contribution in [0, 0.1) is 0 Å². The van der Waals surface area contributed by atoms with Gasteiger partial charge in [0.15, 0.2) is 0 Å². The summed E-state index contributed by atoms with van der Waals surface area (Å²) in [7, 11) is -3.23. The molecule has 1 aliphatic rings. The minimum absolute atomic E-state index is 0.0528. The molecule has 1 fully saturated rings. The molecule has 0 saturated carbocycles. The highest BCUT2D eigenvalue weighted by Gasteiger charge is 2.46. The Kier molecular flexibility index (Phi) is 14.2. The molecule has 11 nitrogen and oxygen atoms in total. The fourth-order valence-corrected chi connectivity index (χ4v) is 8.42. The van der Waals surface area contributed by atoms with Crippen LogP contribution in [-0.4, -0.2) is 87.3 Å². The molecule has 0 bridgehead atoms. The molecule has 282 valence electrons. The summed E-state index contributed by atoms with van der Waals surface area (Å²) in [4.78, 5) is 31.4. The SMILES string of the molecule is CCOP(=O)(CCCNC(=O)c1cccc(CN2C(=O)N(Cc3ccc(O)cc3)[C@H](Cc3ccccc3)[C@H](O)[C@@H](O)[C@H]2Cc2ccccc2)c1)OCC. The quantitative estimate of drug-likeness (QED) is 0.0743. The van der Waals surface area contributed by atoms with E-state index in [1.54, 1.807) is 66.1 Å². The molecule has 4 N–H and O–H groups in total. The van der Waals surface area contributed by atoms with Gasteiger partial charge in [-0.3, -0.25) is 9.36 Å². The first-order chi connectivity index (χ1) is 25.6. The van der Waals surface area contributed by atoms with Gasteiger partial charge in [-0.05, 0) is 79.6 Å². The molecule has 4 aromatic carbocycles. The first kappa shape index (κ1) is 39.7. The van der Waals surface area contributed by atoms with Crippen LogP contribution in [-0.2, 0) is 39.5 Å². The van der Waals surface area contributed by atoms with E-state index in [2.05, 4.69) is 5.32 Å². The van der Waals surface area contributed by atoms with E-state index in [0.717, 1.165) is 16.7 Å². The Morgan fingerprint density at radius 1 is 0.717 bits per heavy atom. The van der Waals surface area contributed by atoms with Crippen molar-refractivity contribution >= 4 is 19.5 Å². The van der Waals surface area contributed by atoms with Gasteiger partial charge in [-0.2, -0.15) is 0 Å². The molecule has 4 aromatic rings. The van der Waals surface area contributed by atoms with E-state index < -0.39 is 31.9 Å². The van der Waals surface area contributed by atoms with Crippen molar-refractivity contribution in [3.8, 4) is 5.75 Å². The highest BCUT2D eigenvalue weighted by molar-refractivity contribution is 7.53. The Hall–Kier alpha value is -4.51. The number of rotatable bonds is 17. The van der Waals surface area contributed by atoms with Crippen LogP contribution in [0.3, 0.4) is 0 Å². The summed E-state index contributed by atoms with van der Waals surface area (Å²) in [6.07, 6.45) is -1.46. The number of aromatic hydroxyl groups is 1. The first-order valence-corrected chi connectivity index (χ1v) is 19.9. The van der Waals surface area contributed by atoms with Crippen molar-refractivity contribution in [1.82, 2.24) is 15.1 Å². The maximum atomic E-state index is 14.9. The van der Waals surface area contributed by atoms with Crippen LogP contribution in [0.25, 0.3) is 0 Å². The predicted molar refractivity (Wildman–Crippen MR) is 204 cm³/mol. The monoisotopic (exact) mass is 743 g/mol. The minimum atomic E-state index is -3.23. The molecule has 5 rings (SSSR count). The third-order valence-electron chi connectivity index (χ3n) is 9.38. The van der Waals surface area contributed by atoms with E-state index in [1.165, 1.54) is 0 Å². The molecule has 1 saturated heterocycles. The molecular formula is C41H50N3O8P. The Balaban J connectivity index is 1.44. The second-order valence-electron chi connectivity index (χ2n) is 13.2. The largest absolute Gasteiger partial charge is 0.508 e. The Morgan fingerprint density at radius 3 is 1.75 bits per heavy atom. The number of carbonyl (C=O) groups excluding carboxylic acids is 2. The maximum Gasteiger partial charge on any atom is 0.330 e. The van der Waals surface area contributed by atoms with Gasteiger partial charge >= 0.3 is 13.6 Å². The van der Waals surface area contributed by atoms with E-state index in [0.29, 0.717) is 24.0 Å². The second-order valence-corrected chi connectivity index (χ2v) is 15.4. The van der Waals surface area contributed by atoms with E-state index in [-0.39, 0.29) is 63.1 Å². The van der Waals surface area contributed by atoms with Gasteiger partial charge in [-0.1, -0.05) is 84.9 Å². The molecule has 1 aliphatic heterocycles. The number of phenols is 1. The van der Waals surface area contributed by atoms with Crippen molar-refractivity contribution < 1.29 is 38.5 Å². The number of aliphatic hydroxyl groups is 2. The highest BCUT2D eigenvalue weighted by Crippen LogP contribution is 2.48. The zero-order valence-electron chi connectivity index (χ0n) is 30.3. The van der Waals surface area contributed by atoms with Crippen molar-refractivity contribution in [3.05, 3.63) is 137 Å². The van der Waals surface area contributed by atoms with Gasteiger partial charge in [0.1, 0.15) is 18.0 Å². The normalized spacial score (nSPS) is 19.2. The molecule has 1 heterocycles. The van der Waals surface area contributed by atoms with Crippen molar-refractivity contribution in [2.75, 3.05) is 25.9 Å². The lowest BCUT2D eigenvalue weighted by atomic mass is 9.91. The number of hydrogen-bond acceptors (Lipinski definition) is 8. The van der Waals surface area contributed by atoms with Crippen LogP contribution in [0.4, 0.5) is 4.79 Å². The van der Waals surface area contributed by atoms with Crippen LogP contribution in [0.2, 0.25) is 0 Å². The van der Waals surface area contributed by atoms with Gasteiger partial charge in [0.25, 0.3) is 5.91 Å². The molecule has 53 heavy (non-hydrogen) atoms. The number of nitrogens with zero attached hydrogens (tertiary/aromatic N) is 2. The van der Waals surface area contributed by atoms with Gasteiger partial charge in [-0.15, -0.1) is 0 Å². The molecule has 0 spiro atoms. The zero-order chi connectivity index (χ0) is 37.8. The van der Waals surface area contributed by atoms with Crippen molar-refractivity contribution in [1.29, 1.82) is 0 Å². The molecule has 0 radical (unpaired) electrons. The Labute approximate surface area is 311 Å². The first-order valence-electron chi connectivity index (χ1n) is 18.1. The van der Waals surface area contributed by atoms with Crippen molar-refractivity contribution in [2.45, 2.75) is 70.5 Å². The molecule has 0 aliphatic carbocycles. The van der Waals surface area contributed by atoms with Gasteiger partial charge in [0.2, 0.25) is 0 Å². The molecule has 3 amide bonds. The summed E-state index contributed by atoms with van der Waals surface area (Å²) in [5.41, 5.74) is 3.58. The fraction of sp³-hybridized carbons (Fsp3) is 0.366. The van der Waals surface area contributed by atoms with E-state index in [4.69, 9.17) is 9.05 Å². The number of carbonyl (C=O) groups is 2. The Morgan fingerprint density at radius 2 is 1.23 bits per heavy atom. The van der Waals surface area contributed by atoms with Crippen molar-refractivity contribution in [2.24, 2.45) is 0 Å². The van der Waals surface area contributed by atoms with Crippen LogP contribution < -0.4 is 5.32 Å². The van der Waals surface area contributed by atoms with Gasteiger partial charge in [-0.25, -0.2) is 4.79 Å². The summed E-state index contributed by atoms with van der Waals surface area (Å²) in [5.74, 6) is -0.235. The third-order valence-corrected chi connectivity index (χ3v) is 11.6. The lowest BCUT2D eigenvalue weighted by Gasteiger charge is -2.36. The third kappa shape index (κ3) is 10.8. The van der Waals surface area contributed by atoms with Crippen LogP contribution in [0.1, 0.15) is 52.9 Å². The lowest BCUT2D eigenvalue weighted by Crippen LogP contribution is -2.50. The molecule has 0 aromatic heterocycles. The topological polar surface area (TPSA) is 149 Å². The highest BCUT2D eigenvalue weighted by atomic mass is 31.2. The van der Waals surface area contributed by atoms with Gasteiger partial charge < -0.3 is 39.5 Å². The zero-order valence-corrected chi connectivity index (χ0v) is 31.2.